The van der Waals surface area contributed by atoms with Crippen molar-refractivity contribution in [3.63, 3.8) is 0 Å². The number of halogens is 3. The van der Waals surface area contributed by atoms with Crippen molar-refractivity contribution in [2.45, 2.75) is 30.8 Å². The molecule has 0 saturated heterocycles. The third-order valence-electron chi connectivity index (χ3n) is 4.64. The van der Waals surface area contributed by atoms with Crippen LogP contribution in [0.3, 0.4) is 0 Å². The molecule has 2 aromatic carbocycles. The van der Waals surface area contributed by atoms with Crippen molar-refractivity contribution in [2.75, 3.05) is 0 Å². The Bertz CT molecular complexity index is 889. The second-order valence-electron chi connectivity index (χ2n) is 6.18. The van der Waals surface area contributed by atoms with E-state index in [2.05, 4.69) is 0 Å². The fraction of sp³-hybridized carbons (Fsp3) is 0.278. The first kappa shape index (κ1) is 15.0. The van der Waals surface area contributed by atoms with Gasteiger partial charge in [0.25, 0.3) is 5.92 Å². The summed E-state index contributed by atoms with van der Waals surface area (Å²) < 4.78 is 47.3. The molecule has 0 amide bonds. The largest absolute Gasteiger partial charge is 0.457 e. The van der Waals surface area contributed by atoms with Gasteiger partial charge in [0.15, 0.2) is 0 Å². The average molecular weight is 331 g/mol. The summed E-state index contributed by atoms with van der Waals surface area (Å²) in [6.45, 7) is 0. The van der Waals surface area contributed by atoms with Crippen LogP contribution >= 0.6 is 0 Å². The standard InChI is InChI=1S/C18H12F3NO2/c19-11-3-9(8-22)4-12(5-11)24-15-2-1-10-7-18(20,21)13-6-14(23)17(15)16(10)13/h1-5,13-14,23H,6-7H2. The average Bonchev–Trinajstić information content (AvgIpc) is 2.99. The van der Waals surface area contributed by atoms with Crippen LogP contribution in [0, 0.1) is 17.1 Å². The molecule has 0 aliphatic heterocycles. The SMILES string of the molecule is N#Cc1cc(F)cc(Oc2ccc3c4c2C(O)CC4C(F)(F)C3)c1. The van der Waals surface area contributed by atoms with Crippen molar-refractivity contribution in [1.29, 1.82) is 5.26 Å². The third-order valence-corrected chi connectivity index (χ3v) is 4.64. The number of aliphatic hydroxyl groups excluding tert-OH is 1. The predicted octanol–water partition coefficient (Wildman–Crippen LogP) is 4.20. The number of hydrogen-bond acceptors (Lipinski definition) is 3. The second kappa shape index (κ2) is 4.99. The normalized spacial score (nSPS) is 23.0. The molecule has 2 aliphatic rings. The fourth-order valence-corrected chi connectivity index (χ4v) is 3.69. The summed E-state index contributed by atoms with van der Waals surface area (Å²) in [5, 5.41) is 19.1. The highest BCUT2D eigenvalue weighted by Crippen LogP contribution is 2.58. The van der Waals surface area contributed by atoms with Gasteiger partial charge in [0.2, 0.25) is 0 Å². The molecule has 4 rings (SSSR count). The summed E-state index contributed by atoms with van der Waals surface area (Å²) in [6.07, 6.45) is -1.44. The van der Waals surface area contributed by atoms with Gasteiger partial charge in [-0.1, -0.05) is 6.07 Å². The first-order chi connectivity index (χ1) is 11.4. The van der Waals surface area contributed by atoms with Crippen molar-refractivity contribution in [3.8, 4) is 17.6 Å². The van der Waals surface area contributed by atoms with Gasteiger partial charge < -0.3 is 9.84 Å². The summed E-state index contributed by atoms with van der Waals surface area (Å²) in [7, 11) is 0. The maximum Gasteiger partial charge on any atom is 0.259 e. The molecular weight excluding hydrogens is 319 g/mol. The minimum Gasteiger partial charge on any atom is -0.457 e. The maximum atomic E-state index is 14.1. The van der Waals surface area contributed by atoms with E-state index in [9.17, 15) is 18.3 Å². The molecule has 2 aliphatic carbocycles. The summed E-state index contributed by atoms with van der Waals surface area (Å²) in [5.41, 5.74) is 1.40. The van der Waals surface area contributed by atoms with Crippen LogP contribution in [0.2, 0.25) is 0 Å². The lowest BCUT2D eigenvalue weighted by Crippen LogP contribution is -2.21. The van der Waals surface area contributed by atoms with Crippen molar-refractivity contribution >= 4 is 0 Å². The molecule has 2 atom stereocenters. The van der Waals surface area contributed by atoms with E-state index in [0.29, 0.717) is 16.7 Å². The summed E-state index contributed by atoms with van der Waals surface area (Å²) in [4.78, 5) is 0. The number of nitrogens with zero attached hydrogens (tertiary/aromatic N) is 1. The molecule has 0 heterocycles. The van der Waals surface area contributed by atoms with Crippen molar-refractivity contribution in [1.82, 2.24) is 0 Å². The Hall–Kier alpha value is -2.52. The first-order valence-corrected chi connectivity index (χ1v) is 7.49. The van der Waals surface area contributed by atoms with Crippen LogP contribution < -0.4 is 4.74 Å². The predicted molar refractivity (Wildman–Crippen MR) is 78.6 cm³/mol. The molecule has 3 nitrogen and oxygen atoms in total. The number of aliphatic hydroxyl groups is 1. The van der Waals surface area contributed by atoms with Gasteiger partial charge in [0, 0.05) is 18.1 Å². The molecule has 0 radical (unpaired) electrons. The Kier molecular flexibility index (Phi) is 3.12. The van der Waals surface area contributed by atoms with E-state index in [-0.39, 0.29) is 29.9 Å². The molecule has 0 bridgehead atoms. The van der Waals surface area contributed by atoms with Gasteiger partial charge in [-0.05, 0) is 35.7 Å². The maximum absolute atomic E-state index is 14.1. The molecule has 0 fully saturated rings. The zero-order valence-corrected chi connectivity index (χ0v) is 12.4. The van der Waals surface area contributed by atoms with Crippen LogP contribution in [0.5, 0.6) is 11.5 Å². The molecule has 0 spiro atoms. The lowest BCUT2D eigenvalue weighted by atomic mass is 10.0. The molecule has 1 N–H and O–H groups in total. The van der Waals surface area contributed by atoms with Crippen LogP contribution in [-0.4, -0.2) is 11.0 Å². The topological polar surface area (TPSA) is 53.2 Å². The van der Waals surface area contributed by atoms with Gasteiger partial charge in [-0.2, -0.15) is 5.26 Å². The van der Waals surface area contributed by atoms with Crippen LogP contribution in [0.15, 0.2) is 30.3 Å². The molecule has 6 heteroatoms. The number of alkyl halides is 2. The molecule has 122 valence electrons. The zero-order valence-electron chi connectivity index (χ0n) is 12.4. The molecular formula is C18H12F3NO2. The number of nitriles is 1. The van der Waals surface area contributed by atoms with E-state index in [1.165, 1.54) is 12.1 Å². The van der Waals surface area contributed by atoms with Gasteiger partial charge >= 0.3 is 0 Å². The Morgan fingerprint density at radius 1 is 1.21 bits per heavy atom. The van der Waals surface area contributed by atoms with Crippen molar-refractivity contribution < 1.29 is 23.0 Å². The van der Waals surface area contributed by atoms with Crippen LogP contribution in [0.1, 0.15) is 40.7 Å². The highest BCUT2D eigenvalue weighted by molar-refractivity contribution is 5.56. The van der Waals surface area contributed by atoms with E-state index in [4.69, 9.17) is 10.00 Å². The number of benzene rings is 2. The zero-order chi connectivity index (χ0) is 17.1. The Labute approximate surface area is 135 Å². The van der Waals surface area contributed by atoms with E-state index in [0.717, 1.165) is 12.1 Å². The highest BCUT2D eigenvalue weighted by Gasteiger charge is 2.53. The number of rotatable bonds is 2. The van der Waals surface area contributed by atoms with Crippen LogP contribution in [0.4, 0.5) is 13.2 Å². The Balaban J connectivity index is 1.78. The number of hydrogen-bond donors (Lipinski definition) is 1. The summed E-state index contributed by atoms with van der Waals surface area (Å²) in [6, 6.07) is 8.43. The van der Waals surface area contributed by atoms with Gasteiger partial charge in [-0.25, -0.2) is 13.2 Å². The molecule has 24 heavy (non-hydrogen) atoms. The van der Waals surface area contributed by atoms with Crippen molar-refractivity contribution in [2.24, 2.45) is 0 Å². The summed E-state index contributed by atoms with van der Waals surface area (Å²) >= 11 is 0. The monoisotopic (exact) mass is 331 g/mol. The lowest BCUT2D eigenvalue weighted by molar-refractivity contribution is -0.0242. The molecule has 2 unspecified atom stereocenters. The van der Waals surface area contributed by atoms with Gasteiger partial charge in [-0.15, -0.1) is 0 Å². The quantitative estimate of drug-likeness (QED) is 0.897. The Morgan fingerprint density at radius 3 is 2.75 bits per heavy atom. The lowest BCUT2D eigenvalue weighted by Gasteiger charge is -2.16. The molecule has 0 aromatic heterocycles. The smallest absolute Gasteiger partial charge is 0.259 e. The minimum atomic E-state index is -2.87. The van der Waals surface area contributed by atoms with Crippen molar-refractivity contribution in [3.05, 3.63) is 58.4 Å². The molecule has 2 aromatic rings. The Morgan fingerprint density at radius 2 is 2.00 bits per heavy atom. The second-order valence-corrected chi connectivity index (χ2v) is 6.18. The highest BCUT2D eigenvalue weighted by atomic mass is 19.3. The van der Waals surface area contributed by atoms with Gasteiger partial charge in [-0.3, -0.25) is 0 Å². The van der Waals surface area contributed by atoms with Crippen LogP contribution in [0.25, 0.3) is 0 Å². The fourth-order valence-electron chi connectivity index (χ4n) is 3.69. The van der Waals surface area contributed by atoms with Crippen LogP contribution in [-0.2, 0) is 6.42 Å². The van der Waals surface area contributed by atoms with E-state index < -0.39 is 23.8 Å². The van der Waals surface area contributed by atoms with Gasteiger partial charge in [0.05, 0.1) is 23.7 Å². The minimum absolute atomic E-state index is 0.0533. The first-order valence-electron chi connectivity index (χ1n) is 7.49. The third kappa shape index (κ3) is 2.16. The van der Waals surface area contributed by atoms with Gasteiger partial charge in [0.1, 0.15) is 17.3 Å². The van der Waals surface area contributed by atoms with E-state index in [1.807, 2.05) is 6.07 Å². The van der Waals surface area contributed by atoms with E-state index in [1.54, 1.807) is 6.07 Å². The summed E-state index contributed by atoms with van der Waals surface area (Å²) in [5.74, 6) is -4.21. The molecule has 0 saturated carbocycles. The van der Waals surface area contributed by atoms with E-state index >= 15 is 0 Å². The number of ether oxygens (including phenoxy) is 1.